The van der Waals surface area contributed by atoms with Crippen molar-refractivity contribution in [2.24, 2.45) is 10.9 Å². The molecule has 5 rings (SSSR count). The van der Waals surface area contributed by atoms with Crippen molar-refractivity contribution in [1.29, 1.82) is 0 Å². The molecule has 0 saturated carbocycles. The third kappa shape index (κ3) is 5.68. The van der Waals surface area contributed by atoms with Gasteiger partial charge in [0.05, 0.1) is 32.5 Å². The molecule has 34 heavy (non-hydrogen) atoms. The Hall–Kier alpha value is -2.69. The molecule has 4 aliphatic rings. The van der Waals surface area contributed by atoms with Crippen LogP contribution in [-0.2, 0) is 9.47 Å². The maximum absolute atomic E-state index is 6.13. The van der Waals surface area contributed by atoms with Crippen LogP contribution in [0.3, 0.4) is 0 Å². The zero-order chi connectivity index (χ0) is 23.2. The van der Waals surface area contributed by atoms with Crippen molar-refractivity contribution in [3.05, 3.63) is 35.0 Å². The van der Waals surface area contributed by atoms with E-state index in [2.05, 4.69) is 31.5 Å². The number of hydrogen-bond donors (Lipinski definition) is 2. The second kappa shape index (κ2) is 11.2. The van der Waals surface area contributed by atoms with Crippen LogP contribution < -0.4 is 20.4 Å². The molecule has 182 valence electrons. The summed E-state index contributed by atoms with van der Waals surface area (Å²) >= 11 is 6.13. The summed E-state index contributed by atoms with van der Waals surface area (Å²) in [4.78, 5) is 23.0. The lowest BCUT2D eigenvalue weighted by Gasteiger charge is -2.30. The predicted octanol–water partition coefficient (Wildman–Crippen LogP) is 1.58. The molecule has 2 unspecified atom stereocenters. The molecule has 10 nitrogen and oxygen atoms in total. The smallest absolute Gasteiger partial charge is 0.232 e. The molecule has 2 fully saturated rings. The van der Waals surface area contributed by atoms with Crippen LogP contribution in [0.1, 0.15) is 6.42 Å². The molecule has 2 atom stereocenters. The molecule has 3 aliphatic heterocycles. The van der Waals surface area contributed by atoms with Crippen LogP contribution in [-0.4, -0.2) is 92.9 Å². The standard InChI is InChI=1S/C23H31ClN8O2/c24-17-2-3-18-19(4-7-26-20(18)16-17)25-5-1-6-27-21-28-22(31-8-12-33-13-9-31)30-23(29-21)32-10-14-34-15-11-32/h2-4,7,16,18,20,25H,1,5-6,8-15H2,(H,27,28,29,30). The molecule has 0 bridgehead atoms. The highest BCUT2D eigenvalue weighted by Crippen LogP contribution is 2.28. The largest absolute Gasteiger partial charge is 0.388 e. The van der Waals surface area contributed by atoms with Crippen molar-refractivity contribution < 1.29 is 9.47 Å². The van der Waals surface area contributed by atoms with Crippen LogP contribution in [0.25, 0.3) is 0 Å². The monoisotopic (exact) mass is 486 g/mol. The van der Waals surface area contributed by atoms with E-state index in [1.54, 1.807) is 0 Å². The fourth-order valence-electron chi connectivity index (χ4n) is 4.33. The number of nitrogens with zero attached hydrogens (tertiary/aromatic N) is 6. The van der Waals surface area contributed by atoms with Crippen molar-refractivity contribution in [3.63, 3.8) is 0 Å². The number of hydrogen-bond acceptors (Lipinski definition) is 10. The van der Waals surface area contributed by atoms with Crippen LogP contribution >= 0.6 is 11.6 Å². The van der Waals surface area contributed by atoms with Crippen molar-refractivity contribution in [2.75, 3.05) is 80.8 Å². The molecular formula is C23H31ClN8O2. The molecule has 0 radical (unpaired) electrons. The predicted molar refractivity (Wildman–Crippen MR) is 134 cm³/mol. The number of halogens is 1. The Morgan fingerprint density at radius 1 is 0.912 bits per heavy atom. The molecule has 2 saturated heterocycles. The summed E-state index contributed by atoms with van der Waals surface area (Å²) in [7, 11) is 0. The molecule has 0 spiro atoms. The summed E-state index contributed by atoms with van der Waals surface area (Å²) in [5.41, 5.74) is 1.17. The third-order valence-electron chi connectivity index (χ3n) is 6.20. The van der Waals surface area contributed by atoms with Gasteiger partial charge in [-0.1, -0.05) is 17.7 Å². The number of ether oxygens (including phenoxy) is 2. The average Bonchev–Trinajstić information content (AvgIpc) is 2.89. The van der Waals surface area contributed by atoms with Gasteiger partial charge in [-0.25, -0.2) is 0 Å². The minimum atomic E-state index is 0.0746. The number of nitrogens with one attached hydrogen (secondary N) is 2. The summed E-state index contributed by atoms with van der Waals surface area (Å²) in [5, 5.41) is 7.70. The van der Waals surface area contributed by atoms with Crippen LogP contribution in [0.5, 0.6) is 0 Å². The first-order valence-electron chi connectivity index (χ1n) is 11.9. The van der Waals surface area contributed by atoms with E-state index in [1.165, 1.54) is 5.70 Å². The third-order valence-corrected chi connectivity index (χ3v) is 6.45. The first kappa shape index (κ1) is 23.1. The highest BCUT2D eigenvalue weighted by Gasteiger charge is 2.25. The molecule has 0 aromatic carbocycles. The van der Waals surface area contributed by atoms with E-state index in [0.29, 0.717) is 44.3 Å². The number of aromatic nitrogens is 3. The molecule has 4 heterocycles. The fraction of sp³-hybridized carbons (Fsp3) is 0.565. The maximum atomic E-state index is 6.13. The minimum absolute atomic E-state index is 0.0746. The van der Waals surface area contributed by atoms with Crippen LogP contribution in [0.4, 0.5) is 17.8 Å². The van der Waals surface area contributed by atoms with E-state index in [1.807, 2.05) is 24.4 Å². The van der Waals surface area contributed by atoms with Gasteiger partial charge >= 0.3 is 0 Å². The summed E-state index contributed by atoms with van der Waals surface area (Å²) in [6.45, 7) is 7.46. The second-order valence-corrected chi connectivity index (χ2v) is 8.95. The number of anilines is 3. The van der Waals surface area contributed by atoms with Gasteiger partial charge < -0.3 is 29.9 Å². The molecule has 1 aliphatic carbocycles. The van der Waals surface area contributed by atoms with Gasteiger partial charge in [0.25, 0.3) is 0 Å². The minimum Gasteiger partial charge on any atom is -0.388 e. The van der Waals surface area contributed by atoms with Gasteiger partial charge in [0, 0.05) is 62.1 Å². The Morgan fingerprint density at radius 2 is 1.56 bits per heavy atom. The molecule has 11 heteroatoms. The van der Waals surface area contributed by atoms with Crippen molar-refractivity contribution in [1.82, 2.24) is 20.3 Å². The number of rotatable bonds is 8. The van der Waals surface area contributed by atoms with Gasteiger partial charge in [0.2, 0.25) is 17.8 Å². The summed E-state index contributed by atoms with van der Waals surface area (Å²) in [6.07, 6.45) is 10.9. The molecular weight excluding hydrogens is 456 g/mol. The fourth-order valence-corrected chi connectivity index (χ4v) is 4.53. The SMILES string of the molecule is ClC1=CC2N=CC=C(NCCCNc3nc(N4CCOCC4)nc(N4CCOCC4)n3)C2C=C1. The number of aliphatic imine (C=N–C) groups is 1. The lowest BCUT2D eigenvalue weighted by molar-refractivity contribution is 0.121. The quantitative estimate of drug-likeness (QED) is 0.530. The van der Waals surface area contributed by atoms with E-state index in [0.717, 1.165) is 50.7 Å². The van der Waals surface area contributed by atoms with E-state index in [9.17, 15) is 0 Å². The summed E-state index contributed by atoms with van der Waals surface area (Å²) < 4.78 is 11.0. The van der Waals surface area contributed by atoms with Gasteiger partial charge in [0.15, 0.2) is 0 Å². The number of morpholine rings is 2. The summed E-state index contributed by atoms with van der Waals surface area (Å²) in [5.74, 6) is 2.23. The van der Waals surface area contributed by atoms with Gasteiger partial charge in [-0.3, -0.25) is 4.99 Å². The van der Waals surface area contributed by atoms with Crippen LogP contribution in [0, 0.1) is 5.92 Å². The van der Waals surface area contributed by atoms with Crippen LogP contribution in [0.2, 0.25) is 0 Å². The van der Waals surface area contributed by atoms with Gasteiger partial charge in [-0.2, -0.15) is 15.0 Å². The van der Waals surface area contributed by atoms with Crippen molar-refractivity contribution >= 4 is 35.7 Å². The first-order chi connectivity index (χ1) is 16.8. The molecule has 1 aromatic heterocycles. The van der Waals surface area contributed by atoms with Crippen LogP contribution in [0.15, 0.2) is 40.0 Å². The van der Waals surface area contributed by atoms with Crippen molar-refractivity contribution in [3.8, 4) is 0 Å². The Labute approximate surface area is 204 Å². The normalized spacial score (nSPS) is 24.4. The Bertz CT molecular complexity index is 933. The van der Waals surface area contributed by atoms with Crippen molar-refractivity contribution in [2.45, 2.75) is 12.5 Å². The second-order valence-electron chi connectivity index (χ2n) is 8.51. The lowest BCUT2D eigenvalue weighted by atomic mass is 9.90. The average molecular weight is 487 g/mol. The topological polar surface area (TPSA) is 100 Å². The maximum Gasteiger partial charge on any atom is 0.232 e. The Morgan fingerprint density at radius 3 is 2.24 bits per heavy atom. The van der Waals surface area contributed by atoms with E-state index < -0.39 is 0 Å². The van der Waals surface area contributed by atoms with E-state index in [4.69, 9.17) is 36.0 Å². The Kier molecular flexibility index (Phi) is 7.57. The lowest BCUT2D eigenvalue weighted by Crippen LogP contribution is -2.40. The van der Waals surface area contributed by atoms with E-state index in [-0.39, 0.29) is 12.0 Å². The van der Waals surface area contributed by atoms with E-state index >= 15 is 0 Å². The molecule has 2 N–H and O–H groups in total. The zero-order valence-corrected chi connectivity index (χ0v) is 20.0. The zero-order valence-electron chi connectivity index (χ0n) is 19.2. The summed E-state index contributed by atoms with van der Waals surface area (Å²) in [6, 6.07) is 0.0746. The Balaban J connectivity index is 1.17. The molecule has 1 aromatic rings. The molecule has 0 amide bonds. The van der Waals surface area contributed by atoms with Gasteiger partial charge in [-0.05, 0) is 24.6 Å². The number of allylic oxidation sites excluding steroid dienone is 3. The number of fused-ring (bicyclic) bond motifs is 1. The highest BCUT2D eigenvalue weighted by molar-refractivity contribution is 6.31. The van der Waals surface area contributed by atoms with Gasteiger partial charge in [0.1, 0.15) is 0 Å². The number of dihydropyridines is 1. The highest BCUT2D eigenvalue weighted by atomic mass is 35.5. The first-order valence-corrected chi connectivity index (χ1v) is 12.3. The van der Waals surface area contributed by atoms with Gasteiger partial charge in [-0.15, -0.1) is 0 Å².